The smallest absolute Gasteiger partial charge is 0.240 e. The van der Waals surface area contributed by atoms with Crippen LogP contribution in [0.15, 0.2) is 52.0 Å². The highest BCUT2D eigenvalue weighted by molar-refractivity contribution is 7.89. The van der Waals surface area contributed by atoms with Crippen LogP contribution in [-0.2, 0) is 16.6 Å². The number of hydrogen-bond donors (Lipinski definition) is 1. The quantitative estimate of drug-likeness (QED) is 0.831. The maximum atomic E-state index is 12.1. The zero-order valence-electron chi connectivity index (χ0n) is 11.3. The number of hydrogen-bond acceptors (Lipinski definition) is 4. The van der Waals surface area contributed by atoms with E-state index in [9.17, 15) is 13.2 Å². The van der Waals surface area contributed by atoms with Crippen LogP contribution in [0.25, 0.3) is 0 Å². The average molecular weight is 305 g/mol. The molecular weight excluding hydrogens is 290 g/mol. The van der Waals surface area contributed by atoms with E-state index in [1.807, 2.05) is 0 Å². The van der Waals surface area contributed by atoms with Crippen LogP contribution in [0.3, 0.4) is 0 Å². The lowest BCUT2D eigenvalue weighted by Crippen LogP contribution is -2.23. The summed E-state index contributed by atoms with van der Waals surface area (Å²) in [6.45, 7) is 0.0953. The molecule has 1 fully saturated rings. The maximum absolute atomic E-state index is 12.1. The zero-order chi connectivity index (χ0) is 14.9. The van der Waals surface area contributed by atoms with Gasteiger partial charge in [0.05, 0.1) is 17.7 Å². The molecule has 1 aromatic carbocycles. The van der Waals surface area contributed by atoms with Crippen LogP contribution in [0, 0.1) is 5.92 Å². The monoisotopic (exact) mass is 305 g/mol. The van der Waals surface area contributed by atoms with Gasteiger partial charge in [0.25, 0.3) is 0 Å². The number of Topliss-reactive ketones (excluding diaryl/α,β-unsaturated/α-hetero) is 1. The zero-order valence-corrected chi connectivity index (χ0v) is 12.1. The molecule has 1 N–H and O–H groups in total. The number of sulfonamides is 1. The van der Waals surface area contributed by atoms with Crippen molar-refractivity contribution in [2.45, 2.75) is 24.3 Å². The summed E-state index contributed by atoms with van der Waals surface area (Å²) in [4.78, 5) is 12.0. The Bertz CT molecular complexity index is 728. The number of carbonyl (C=O) groups excluding carboxylic acids is 1. The normalized spacial score (nSPS) is 15.0. The standard InChI is InChI=1S/C15H15NO4S/c17-15(11-3-4-11)12-5-7-14(8-6-12)21(18,19)16-10-13-2-1-9-20-13/h1-2,5-9,11,16H,3-4,10H2. The number of rotatable bonds is 6. The third-order valence-electron chi connectivity index (χ3n) is 3.41. The third-order valence-corrected chi connectivity index (χ3v) is 4.83. The van der Waals surface area contributed by atoms with Crippen molar-refractivity contribution in [3.63, 3.8) is 0 Å². The summed E-state index contributed by atoms with van der Waals surface area (Å²) in [5, 5.41) is 0. The Labute approximate surface area is 123 Å². The van der Waals surface area contributed by atoms with Crippen molar-refractivity contribution in [1.82, 2.24) is 4.72 Å². The maximum Gasteiger partial charge on any atom is 0.240 e. The van der Waals surface area contributed by atoms with Crippen LogP contribution in [-0.4, -0.2) is 14.2 Å². The highest BCUT2D eigenvalue weighted by atomic mass is 32.2. The summed E-state index contributed by atoms with van der Waals surface area (Å²) in [6, 6.07) is 9.45. The molecule has 0 radical (unpaired) electrons. The predicted molar refractivity (Wildman–Crippen MR) is 76.2 cm³/mol. The molecule has 6 heteroatoms. The van der Waals surface area contributed by atoms with E-state index in [2.05, 4.69) is 4.72 Å². The molecule has 3 rings (SSSR count). The molecule has 0 spiro atoms. The molecule has 21 heavy (non-hydrogen) atoms. The molecule has 0 amide bonds. The second-order valence-corrected chi connectivity index (χ2v) is 6.83. The van der Waals surface area contributed by atoms with E-state index >= 15 is 0 Å². The van der Waals surface area contributed by atoms with Gasteiger partial charge in [-0.1, -0.05) is 12.1 Å². The van der Waals surface area contributed by atoms with Crippen molar-refractivity contribution in [3.8, 4) is 0 Å². The van der Waals surface area contributed by atoms with Crippen molar-refractivity contribution in [1.29, 1.82) is 0 Å². The third kappa shape index (κ3) is 3.22. The van der Waals surface area contributed by atoms with E-state index in [1.165, 1.54) is 18.4 Å². The van der Waals surface area contributed by atoms with Gasteiger partial charge in [-0.2, -0.15) is 0 Å². The first-order valence-electron chi connectivity index (χ1n) is 6.72. The van der Waals surface area contributed by atoms with Crippen LogP contribution in [0.4, 0.5) is 0 Å². The first kappa shape index (κ1) is 14.0. The average Bonchev–Trinajstić information content (AvgIpc) is 3.21. The highest BCUT2D eigenvalue weighted by Gasteiger charge is 2.30. The lowest BCUT2D eigenvalue weighted by Gasteiger charge is -2.06. The molecule has 1 aromatic heterocycles. The van der Waals surface area contributed by atoms with Gasteiger partial charge in [-0.3, -0.25) is 4.79 Å². The molecular formula is C15H15NO4S. The van der Waals surface area contributed by atoms with Gasteiger partial charge >= 0.3 is 0 Å². The Balaban J connectivity index is 1.71. The van der Waals surface area contributed by atoms with Crippen molar-refractivity contribution in [2.24, 2.45) is 5.92 Å². The summed E-state index contributed by atoms with van der Waals surface area (Å²) < 4.78 is 31.8. The van der Waals surface area contributed by atoms with Gasteiger partial charge in [-0.25, -0.2) is 13.1 Å². The van der Waals surface area contributed by atoms with Gasteiger partial charge < -0.3 is 4.42 Å². The van der Waals surface area contributed by atoms with Crippen molar-refractivity contribution < 1.29 is 17.6 Å². The van der Waals surface area contributed by atoms with Gasteiger partial charge in [0.1, 0.15) is 5.76 Å². The molecule has 1 aliphatic carbocycles. The predicted octanol–water partition coefficient (Wildman–Crippen LogP) is 2.35. The molecule has 0 atom stereocenters. The lowest BCUT2D eigenvalue weighted by molar-refractivity contribution is 0.0967. The minimum Gasteiger partial charge on any atom is -0.468 e. The molecule has 0 bridgehead atoms. The van der Waals surface area contributed by atoms with Gasteiger partial charge in [0, 0.05) is 11.5 Å². The molecule has 2 aromatic rings. The van der Waals surface area contributed by atoms with Gasteiger partial charge in [0.15, 0.2) is 5.78 Å². The number of nitrogens with one attached hydrogen (secondary N) is 1. The van der Waals surface area contributed by atoms with Crippen LogP contribution in [0.2, 0.25) is 0 Å². The fraction of sp³-hybridized carbons (Fsp3) is 0.267. The number of carbonyl (C=O) groups is 1. The fourth-order valence-electron chi connectivity index (χ4n) is 2.04. The van der Waals surface area contributed by atoms with Crippen LogP contribution >= 0.6 is 0 Å². The second-order valence-electron chi connectivity index (χ2n) is 5.07. The minimum absolute atomic E-state index is 0.0953. The van der Waals surface area contributed by atoms with Gasteiger partial charge in [0.2, 0.25) is 10.0 Å². The lowest BCUT2D eigenvalue weighted by atomic mass is 10.1. The van der Waals surface area contributed by atoms with Crippen LogP contribution in [0.5, 0.6) is 0 Å². The van der Waals surface area contributed by atoms with Gasteiger partial charge in [-0.15, -0.1) is 0 Å². The Hall–Kier alpha value is -1.92. The van der Waals surface area contributed by atoms with Crippen molar-refractivity contribution >= 4 is 15.8 Å². The molecule has 1 saturated carbocycles. The second kappa shape index (κ2) is 5.46. The summed E-state index contributed by atoms with van der Waals surface area (Å²) >= 11 is 0. The van der Waals surface area contributed by atoms with E-state index in [4.69, 9.17) is 4.42 Å². The summed E-state index contributed by atoms with van der Waals surface area (Å²) in [6.07, 6.45) is 3.36. The number of furan rings is 1. The van der Waals surface area contributed by atoms with E-state index < -0.39 is 10.0 Å². The number of ketones is 1. The molecule has 5 nitrogen and oxygen atoms in total. The number of benzene rings is 1. The minimum atomic E-state index is -3.60. The Kier molecular flexibility index (Phi) is 3.65. The van der Waals surface area contributed by atoms with Crippen LogP contribution in [0.1, 0.15) is 29.0 Å². The first-order chi connectivity index (χ1) is 10.1. The molecule has 1 aliphatic rings. The summed E-state index contributed by atoms with van der Waals surface area (Å²) in [5.74, 6) is 0.770. The summed E-state index contributed by atoms with van der Waals surface area (Å²) in [7, 11) is -3.60. The molecule has 1 heterocycles. The molecule has 0 aliphatic heterocycles. The molecule has 110 valence electrons. The summed E-state index contributed by atoms with van der Waals surface area (Å²) in [5.41, 5.74) is 0.572. The highest BCUT2D eigenvalue weighted by Crippen LogP contribution is 2.32. The fourth-order valence-corrected chi connectivity index (χ4v) is 3.04. The first-order valence-corrected chi connectivity index (χ1v) is 8.21. The van der Waals surface area contributed by atoms with Crippen LogP contribution < -0.4 is 4.72 Å². The Morgan fingerprint density at radius 3 is 2.48 bits per heavy atom. The SMILES string of the molecule is O=C(c1ccc(S(=O)(=O)NCc2ccco2)cc1)C1CC1. The Morgan fingerprint density at radius 2 is 1.90 bits per heavy atom. The molecule has 0 saturated heterocycles. The molecule has 0 unspecified atom stereocenters. The van der Waals surface area contributed by atoms with E-state index in [0.29, 0.717) is 11.3 Å². The largest absolute Gasteiger partial charge is 0.468 e. The van der Waals surface area contributed by atoms with Crippen molar-refractivity contribution in [3.05, 3.63) is 54.0 Å². The van der Waals surface area contributed by atoms with E-state index in [0.717, 1.165) is 12.8 Å². The van der Waals surface area contributed by atoms with E-state index in [-0.39, 0.29) is 23.1 Å². The topological polar surface area (TPSA) is 76.4 Å². The van der Waals surface area contributed by atoms with Gasteiger partial charge in [-0.05, 0) is 37.1 Å². The van der Waals surface area contributed by atoms with E-state index in [1.54, 1.807) is 24.3 Å². The Morgan fingerprint density at radius 1 is 1.19 bits per heavy atom. The van der Waals surface area contributed by atoms with Crippen molar-refractivity contribution in [2.75, 3.05) is 0 Å².